The van der Waals surface area contributed by atoms with Crippen molar-refractivity contribution in [3.8, 4) is 0 Å². The number of sulfonamides is 1. The monoisotopic (exact) mass is 405 g/mol. The lowest BCUT2D eigenvalue weighted by Crippen LogP contribution is -2.13. The van der Waals surface area contributed by atoms with Crippen LogP contribution in [0.1, 0.15) is 0 Å². The lowest BCUT2D eigenvalue weighted by molar-refractivity contribution is 0.601. The van der Waals surface area contributed by atoms with Crippen molar-refractivity contribution in [2.24, 2.45) is 0 Å². The maximum absolute atomic E-state index is 12.1. The number of nitrogens with zero attached hydrogens (tertiary/aromatic N) is 1. The second kappa shape index (κ2) is 5.48. The maximum Gasteiger partial charge on any atom is 0.261 e. The van der Waals surface area contributed by atoms with E-state index in [9.17, 15) is 8.42 Å². The van der Waals surface area contributed by atoms with Gasteiger partial charge in [0.1, 0.15) is 4.60 Å². The van der Waals surface area contributed by atoms with E-state index >= 15 is 0 Å². The van der Waals surface area contributed by atoms with Gasteiger partial charge in [-0.3, -0.25) is 4.72 Å². The predicted octanol–water partition coefficient (Wildman–Crippen LogP) is 2.99. The molecule has 2 rings (SSSR count). The van der Waals surface area contributed by atoms with E-state index in [4.69, 9.17) is 5.73 Å². The topological polar surface area (TPSA) is 85.1 Å². The van der Waals surface area contributed by atoms with Crippen LogP contribution >= 0.6 is 31.9 Å². The van der Waals surface area contributed by atoms with Gasteiger partial charge in [-0.25, -0.2) is 13.4 Å². The van der Waals surface area contributed by atoms with Crippen LogP contribution in [0.4, 0.5) is 11.4 Å². The predicted molar refractivity (Wildman–Crippen MR) is 81.3 cm³/mol. The Morgan fingerprint density at radius 1 is 1.16 bits per heavy atom. The summed E-state index contributed by atoms with van der Waals surface area (Å²) in [5.41, 5.74) is 6.49. The molecule has 0 saturated heterocycles. The Morgan fingerprint density at radius 2 is 1.89 bits per heavy atom. The number of hydrogen-bond acceptors (Lipinski definition) is 4. The minimum absolute atomic E-state index is 0.122. The molecule has 2 aromatic rings. The van der Waals surface area contributed by atoms with Crippen LogP contribution in [0.2, 0.25) is 0 Å². The molecule has 1 heterocycles. The number of nitrogens with one attached hydrogen (secondary N) is 1. The van der Waals surface area contributed by atoms with Gasteiger partial charge in [0.25, 0.3) is 10.0 Å². The van der Waals surface area contributed by atoms with E-state index in [1.165, 1.54) is 24.4 Å². The molecule has 0 aliphatic heterocycles. The first-order valence-corrected chi connectivity index (χ1v) is 8.15. The quantitative estimate of drug-likeness (QED) is 0.606. The first kappa shape index (κ1) is 14.3. The Bertz CT molecular complexity index is 702. The molecule has 5 nitrogen and oxygen atoms in total. The van der Waals surface area contributed by atoms with Gasteiger partial charge in [0.2, 0.25) is 0 Å². The normalized spacial score (nSPS) is 11.3. The lowest BCUT2D eigenvalue weighted by atomic mass is 10.3. The largest absolute Gasteiger partial charge is 0.398 e. The zero-order chi connectivity index (χ0) is 14.0. The number of benzene rings is 1. The Labute approximate surface area is 127 Å². The SMILES string of the molecule is Nc1ccc(S(=O)(=O)Nc2ccc(Br)nc2)cc1Br. The number of nitrogens with two attached hydrogens (primary N) is 1. The van der Waals surface area contributed by atoms with E-state index in [1.54, 1.807) is 12.1 Å². The standard InChI is InChI=1S/C11H9Br2N3O2S/c12-9-5-8(2-3-10(9)14)19(17,18)16-7-1-4-11(13)15-6-7/h1-6,16H,14H2. The summed E-state index contributed by atoms with van der Waals surface area (Å²) < 4.78 is 27.9. The maximum atomic E-state index is 12.1. The zero-order valence-electron chi connectivity index (χ0n) is 9.47. The van der Waals surface area contributed by atoms with E-state index < -0.39 is 10.0 Å². The molecule has 0 saturated carbocycles. The van der Waals surface area contributed by atoms with Crippen molar-refractivity contribution >= 4 is 53.3 Å². The van der Waals surface area contributed by atoms with Crippen molar-refractivity contribution < 1.29 is 8.42 Å². The smallest absolute Gasteiger partial charge is 0.261 e. The molecule has 3 N–H and O–H groups in total. The number of aromatic nitrogens is 1. The van der Waals surface area contributed by atoms with Crippen molar-refractivity contribution in [3.63, 3.8) is 0 Å². The summed E-state index contributed by atoms with van der Waals surface area (Å²) in [4.78, 5) is 4.07. The van der Waals surface area contributed by atoms with Crippen LogP contribution in [0.15, 0.2) is 50.5 Å². The summed E-state index contributed by atoms with van der Waals surface area (Å²) in [5, 5.41) is 0. The van der Waals surface area contributed by atoms with Crippen LogP contribution in [0.25, 0.3) is 0 Å². The number of anilines is 2. The van der Waals surface area contributed by atoms with Gasteiger partial charge in [-0.1, -0.05) is 0 Å². The summed E-state index contributed by atoms with van der Waals surface area (Å²) in [5.74, 6) is 0. The molecule has 100 valence electrons. The van der Waals surface area contributed by atoms with E-state index in [2.05, 4.69) is 41.6 Å². The third-order valence-electron chi connectivity index (χ3n) is 2.26. The van der Waals surface area contributed by atoms with Gasteiger partial charge in [0.05, 0.1) is 16.8 Å². The molecule has 0 bridgehead atoms. The first-order chi connectivity index (χ1) is 8.88. The van der Waals surface area contributed by atoms with Gasteiger partial charge in [0, 0.05) is 10.2 Å². The first-order valence-electron chi connectivity index (χ1n) is 5.08. The molecule has 0 unspecified atom stereocenters. The molecule has 8 heteroatoms. The minimum atomic E-state index is -3.66. The second-order valence-electron chi connectivity index (χ2n) is 3.66. The fraction of sp³-hybridized carbons (Fsp3) is 0. The van der Waals surface area contributed by atoms with Crippen LogP contribution in [-0.2, 0) is 10.0 Å². The molecule has 0 fully saturated rings. The molecular weight excluding hydrogens is 398 g/mol. The van der Waals surface area contributed by atoms with Crippen molar-refractivity contribution in [1.82, 2.24) is 4.98 Å². The fourth-order valence-corrected chi connectivity index (χ4v) is 3.16. The van der Waals surface area contributed by atoms with E-state index in [0.717, 1.165) is 0 Å². The number of hydrogen-bond donors (Lipinski definition) is 2. The van der Waals surface area contributed by atoms with Gasteiger partial charge in [0.15, 0.2) is 0 Å². The van der Waals surface area contributed by atoms with Crippen LogP contribution in [-0.4, -0.2) is 13.4 Å². The van der Waals surface area contributed by atoms with Crippen molar-refractivity contribution in [1.29, 1.82) is 0 Å². The van der Waals surface area contributed by atoms with Crippen LogP contribution in [0.3, 0.4) is 0 Å². The van der Waals surface area contributed by atoms with Crippen molar-refractivity contribution in [3.05, 3.63) is 45.6 Å². The van der Waals surface area contributed by atoms with Gasteiger partial charge >= 0.3 is 0 Å². The third-order valence-corrected chi connectivity index (χ3v) is 4.80. The molecular formula is C11H9Br2N3O2S. The van der Waals surface area contributed by atoms with Crippen LogP contribution in [0, 0.1) is 0 Å². The number of halogens is 2. The molecule has 0 spiro atoms. The Hall–Kier alpha value is -1.12. The van der Waals surface area contributed by atoms with Crippen LogP contribution < -0.4 is 10.5 Å². The molecule has 19 heavy (non-hydrogen) atoms. The van der Waals surface area contributed by atoms with Crippen LogP contribution in [0.5, 0.6) is 0 Å². The van der Waals surface area contributed by atoms with Gasteiger partial charge < -0.3 is 5.73 Å². The molecule has 0 aliphatic rings. The zero-order valence-corrected chi connectivity index (χ0v) is 13.5. The number of nitrogen functional groups attached to an aromatic ring is 1. The average molecular weight is 407 g/mol. The van der Waals surface area contributed by atoms with Crippen molar-refractivity contribution in [2.75, 3.05) is 10.5 Å². The number of rotatable bonds is 3. The highest BCUT2D eigenvalue weighted by molar-refractivity contribution is 9.10. The number of pyridine rings is 1. The Balaban J connectivity index is 2.32. The van der Waals surface area contributed by atoms with Gasteiger partial charge in [-0.05, 0) is 62.2 Å². The fourth-order valence-electron chi connectivity index (χ4n) is 1.33. The van der Waals surface area contributed by atoms with E-state index in [1.807, 2.05) is 0 Å². The Kier molecular flexibility index (Phi) is 4.12. The summed E-state index contributed by atoms with van der Waals surface area (Å²) in [6, 6.07) is 7.68. The summed E-state index contributed by atoms with van der Waals surface area (Å²) >= 11 is 6.38. The lowest BCUT2D eigenvalue weighted by Gasteiger charge is -2.08. The average Bonchev–Trinajstić information content (AvgIpc) is 2.35. The summed E-state index contributed by atoms with van der Waals surface area (Å²) in [7, 11) is -3.66. The summed E-state index contributed by atoms with van der Waals surface area (Å²) in [6.07, 6.45) is 1.42. The molecule has 0 amide bonds. The Morgan fingerprint density at radius 3 is 2.47 bits per heavy atom. The molecule has 0 radical (unpaired) electrons. The van der Waals surface area contributed by atoms with Gasteiger partial charge in [-0.15, -0.1) is 0 Å². The molecule has 1 aromatic carbocycles. The highest BCUT2D eigenvalue weighted by Crippen LogP contribution is 2.24. The minimum Gasteiger partial charge on any atom is -0.398 e. The summed E-state index contributed by atoms with van der Waals surface area (Å²) in [6.45, 7) is 0. The molecule has 1 aromatic heterocycles. The second-order valence-corrected chi connectivity index (χ2v) is 7.01. The highest BCUT2D eigenvalue weighted by Gasteiger charge is 2.15. The molecule has 0 aliphatic carbocycles. The van der Waals surface area contributed by atoms with E-state index in [0.29, 0.717) is 20.5 Å². The third kappa shape index (κ3) is 3.46. The van der Waals surface area contributed by atoms with Crippen molar-refractivity contribution in [2.45, 2.75) is 4.90 Å². The van der Waals surface area contributed by atoms with E-state index in [-0.39, 0.29) is 4.90 Å². The van der Waals surface area contributed by atoms with Gasteiger partial charge in [-0.2, -0.15) is 0 Å². The highest BCUT2D eigenvalue weighted by atomic mass is 79.9. The molecule has 0 atom stereocenters.